The van der Waals surface area contributed by atoms with E-state index in [9.17, 15) is 14.4 Å². The highest BCUT2D eigenvalue weighted by Crippen LogP contribution is 2.62. The molecule has 0 saturated carbocycles. The van der Waals surface area contributed by atoms with E-state index >= 15 is 0 Å². The molecule has 0 radical (unpaired) electrons. The summed E-state index contributed by atoms with van der Waals surface area (Å²) in [5, 5.41) is 4.91. The van der Waals surface area contributed by atoms with Crippen molar-refractivity contribution in [1.82, 2.24) is 4.90 Å². The molecule has 4 aromatic rings. The average molecular weight is 563 g/mol. The number of hydrogen-bond acceptors (Lipinski definition) is 7. The van der Waals surface area contributed by atoms with Gasteiger partial charge < -0.3 is 19.7 Å². The van der Waals surface area contributed by atoms with E-state index in [1.165, 1.54) is 18.4 Å². The van der Waals surface area contributed by atoms with Crippen molar-refractivity contribution in [3.8, 4) is 11.5 Å². The van der Waals surface area contributed by atoms with Crippen LogP contribution in [0, 0.1) is 5.92 Å². The SMILES string of the molecule is COc1ccc(C(=O)[C@@H]2[C@@H](C(=O)c3cccs3)N3C=Cc4ccccc4[C@@H]3[C@]23C(=O)Nc2ccccc23)c(OC)c1. The number of anilines is 1. The predicted molar refractivity (Wildman–Crippen MR) is 157 cm³/mol. The van der Waals surface area contributed by atoms with Gasteiger partial charge in [-0.25, -0.2) is 0 Å². The van der Waals surface area contributed by atoms with Crippen molar-refractivity contribution in [2.45, 2.75) is 17.5 Å². The standard InChI is InChI=1S/C33H26N2O5S/c1-39-20-13-14-22(25(18-20)40-2)29(36)27-28(30(37)26-12-7-17-41-26)35-16-15-19-8-3-4-9-21(19)31(35)33(27)23-10-5-6-11-24(23)34-32(33)38/h3-18,27-28,31H,1-2H3,(H,34,38)/t27-,28-,31+,33+/m0/s1. The summed E-state index contributed by atoms with van der Waals surface area (Å²) < 4.78 is 11.0. The maximum absolute atomic E-state index is 15.0. The number of benzene rings is 3. The van der Waals surface area contributed by atoms with Crippen LogP contribution in [0.5, 0.6) is 11.5 Å². The van der Waals surface area contributed by atoms with Gasteiger partial charge in [-0.05, 0) is 52.4 Å². The number of ether oxygens (including phenoxy) is 2. The van der Waals surface area contributed by atoms with E-state index in [0.717, 1.165) is 11.1 Å². The molecule has 0 bridgehead atoms. The van der Waals surface area contributed by atoms with Crippen molar-refractivity contribution in [2.75, 3.05) is 19.5 Å². The van der Waals surface area contributed by atoms with Gasteiger partial charge in [-0.3, -0.25) is 14.4 Å². The molecule has 1 aromatic heterocycles. The zero-order chi connectivity index (χ0) is 28.3. The highest BCUT2D eigenvalue weighted by molar-refractivity contribution is 7.12. The number of carbonyl (C=O) groups excluding carboxylic acids is 3. The van der Waals surface area contributed by atoms with Crippen LogP contribution in [-0.4, -0.2) is 42.6 Å². The van der Waals surface area contributed by atoms with Crippen molar-refractivity contribution in [1.29, 1.82) is 0 Å². The number of nitrogens with zero attached hydrogens (tertiary/aromatic N) is 1. The second-order valence-electron chi connectivity index (χ2n) is 10.4. The first-order chi connectivity index (χ1) is 20.0. The fourth-order valence-corrected chi connectivity index (χ4v) is 7.60. The van der Waals surface area contributed by atoms with Crippen molar-refractivity contribution >= 4 is 40.6 Å². The number of carbonyl (C=O) groups is 3. The molecule has 204 valence electrons. The summed E-state index contributed by atoms with van der Waals surface area (Å²) in [6, 6.07) is 22.4. The van der Waals surface area contributed by atoms with E-state index in [0.29, 0.717) is 27.6 Å². The Hall–Kier alpha value is -4.69. The molecule has 7 rings (SSSR count). The first-order valence-electron chi connectivity index (χ1n) is 13.3. The summed E-state index contributed by atoms with van der Waals surface area (Å²) in [4.78, 5) is 46.4. The van der Waals surface area contributed by atoms with Crippen LogP contribution >= 0.6 is 11.3 Å². The fraction of sp³-hybridized carbons (Fsp3) is 0.182. The lowest BCUT2D eigenvalue weighted by atomic mass is 9.62. The first-order valence-corrected chi connectivity index (χ1v) is 14.2. The molecule has 1 spiro atoms. The van der Waals surface area contributed by atoms with Gasteiger partial charge in [0, 0.05) is 18.0 Å². The number of hydrogen-bond donors (Lipinski definition) is 1. The average Bonchev–Trinajstić information content (AvgIpc) is 3.73. The van der Waals surface area contributed by atoms with Gasteiger partial charge in [-0.2, -0.15) is 0 Å². The molecule has 3 aliphatic heterocycles. The Balaban J connectivity index is 1.54. The summed E-state index contributed by atoms with van der Waals surface area (Å²) in [7, 11) is 3.03. The van der Waals surface area contributed by atoms with Crippen LogP contribution < -0.4 is 14.8 Å². The molecule has 4 atom stereocenters. The second kappa shape index (κ2) is 9.45. The van der Waals surface area contributed by atoms with Gasteiger partial charge in [0.1, 0.15) is 23.0 Å². The number of amides is 1. The van der Waals surface area contributed by atoms with E-state index in [4.69, 9.17) is 9.47 Å². The van der Waals surface area contributed by atoms with Crippen molar-refractivity contribution in [2.24, 2.45) is 5.92 Å². The van der Waals surface area contributed by atoms with E-state index in [2.05, 4.69) is 5.32 Å². The molecule has 1 saturated heterocycles. The Kier molecular flexibility index (Phi) is 5.83. The van der Waals surface area contributed by atoms with Gasteiger partial charge in [-0.1, -0.05) is 48.5 Å². The number of Topliss-reactive ketones (excluding diaryl/α,β-unsaturated/α-hetero) is 2. The molecule has 0 aliphatic carbocycles. The summed E-state index contributed by atoms with van der Waals surface area (Å²) >= 11 is 1.33. The number of thiophene rings is 1. The zero-order valence-corrected chi connectivity index (χ0v) is 23.2. The Morgan fingerprint density at radius 2 is 1.73 bits per heavy atom. The highest BCUT2D eigenvalue weighted by atomic mass is 32.1. The molecule has 1 N–H and O–H groups in total. The molecule has 1 amide bonds. The van der Waals surface area contributed by atoms with Crippen molar-refractivity contribution in [3.05, 3.63) is 118 Å². The van der Waals surface area contributed by atoms with Crippen LogP contribution in [0.15, 0.2) is 90.4 Å². The van der Waals surface area contributed by atoms with E-state index in [1.807, 2.05) is 77.2 Å². The summed E-state index contributed by atoms with van der Waals surface area (Å²) in [6.07, 6.45) is 3.82. The monoisotopic (exact) mass is 562 g/mol. The van der Waals surface area contributed by atoms with Crippen molar-refractivity contribution < 1.29 is 23.9 Å². The fourth-order valence-electron chi connectivity index (χ4n) is 6.90. The third-order valence-corrected chi connectivity index (χ3v) is 9.44. The van der Waals surface area contributed by atoms with Crippen LogP contribution in [0.4, 0.5) is 5.69 Å². The molecule has 1 fully saturated rings. The van der Waals surface area contributed by atoms with Crippen LogP contribution in [0.1, 0.15) is 42.8 Å². The molecule has 3 aromatic carbocycles. The third-order valence-electron chi connectivity index (χ3n) is 8.56. The number of ketones is 2. The smallest absolute Gasteiger partial charge is 0.238 e. The number of methoxy groups -OCH3 is 2. The number of rotatable bonds is 6. The number of nitrogens with one attached hydrogen (secondary N) is 1. The third kappa shape index (κ3) is 3.47. The molecule has 7 nitrogen and oxygen atoms in total. The van der Waals surface area contributed by atoms with Gasteiger partial charge in [0.05, 0.1) is 36.6 Å². The largest absolute Gasteiger partial charge is 0.497 e. The van der Waals surface area contributed by atoms with Gasteiger partial charge in [0.15, 0.2) is 11.6 Å². The minimum Gasteiger partial charge on any atom is -0.497 e. The van der Waals surface area contributed by atoms with E-state index in [-0.39, 0.29) is 23.0 Å². The van der Waals surface area contributed by atoms with Crippen LogP contribution in [0.3, 0.4) is 0 Å². The number of fused-ring (bicyclic) bond motifs is 6. The Morgan fingerprint density at radius 3 is 2.51 bits per heavy atom. The highest BCUT2D eigenvalue weighted by Gasteiger charge is 2.71. The minimum atomic E-state index is -1.39. The molecule has 0 unspecified atom stereocenters. The molecule has 41 heavy (non-hydrogen) atoms. The van der Waals surface area contributed by atoms with Crippen molar-refractivity contribution in [3.63, 3.8) is 0 Å². The normalized spacial score (nSPS) is 23.5. The zero-order valence-electron chi connectivity index (χ0n) is 22.4. The molecule has 8 heteroatoms. The van der Waals surface area contributed by atoms with Crippen LogP contribution in [-0.2, 0) is 10.2 Å². The topological polar surface area (TPSA) is 84.9 Å². The Morgan fingerprint density at radius 1 is 0.927 bits per heavy atom. The summed E-state index contributed by atoms with van der Waals surface area (Å²) in [6.45, 7) is 0. The number of para-hydroxylation sites is 1. The molecule has 3 aliphatic rings. The van der Waals surface area contributed by atoms with Gasteiger partial charge in [0.25, 0.3) is 0 Å². The lowest BCUT2D eigenvalue weighted by molar-refractivity contribution is -0.122. The van der Waals surface area contributed by atoms with E-state index in [1.54, 1.807) is 31.4 Å². The lowest BCUT2D eigenvalue weighted by Gasteiger charge is -2.38. The van der Waals surface area contributed by atoms with Gasteiger partial charge in [-0.15, -0.1) is 11.3 Å². The quantitative estimate of drug-likeness (QED) is 0.302. The van der Waals surface area contributed by atoms with Crippen LogP contribution in [0.2, 0.25) is 0 Å². The summed E-state index contributed by atoms with van der Waals surface area (Å²) in [5.74, 6) is -1.06. The lowest BCUT2D eigenvalue weighted by Crippen LogP contribution is -2.49. The maximum atomic E-state index is 15.0. The van der Waals surface area contributed by atoms with Gasteiger partial charge >= 0.3 is 0 Å². The minimum absolute atomic E-state index is 0.200. The Bertz CT molecular complexity index is 1750. The molecular weight excluding hydrogens is 536 g/mol. The molecule has 4 heterocycles. The second-order valence-corrected chi connectivity index (χ2v) is 11.3. The molecular formula is C33H26N2O5S. The van der Waals surface area contributed by atoms with Gasteiger partial charge in [0.2, 0.25) is 5.91 Å². The maximum Gasteiger partial charge on any atom is 0.238 e. The first kappa shape index (κ1) is 25.3. The summed E-state index contributed by atoms with van der Waals surface area (Å²) in [5.41, 5.74) is 2.09. The Labute approximate surface area is 241 Å². The van der Waals surface area contributed by atoms with E-state index < -0.39 is 23.4 Å². The predicted octanol–water partition coefficient (Wildman–Crippen LogP) is 5.75. The van der Waals surface area contributed by atoms with Crippen LogP contribution in [0.25, 0.3) is 6.08 Å².